The first-order valence-electron chi connectivity index (χ1n) is 6.22. The van der Waals surface area contributed by atoms with Crippen LogP contribution in [0.4, 0.5) is 0 Å². The highest BCUT2D eigenvalue weighted by molar-refractivity contribution is 7.21. The highest BCUT2D eigenvalue weighted by Gasteiger charge is 2.17. The Morgan fingerprint density at radius 1 is 1.15 bits per heavy atom. The molecule has 2 nitrogen and oxygen atoms in total. The molecule has 4 heteroatoms. The Hall–Kier alpha value is -1.84. The van der Waals surface area contributed by atoms with Crippen LogP contribution in [0.5, 0.6) is 5.75 Å². The van der Waals surface area contributed by atoms with Gasteiger partial charge in [-0.05, 0) is 30.3 Å². The molecule has 0 spiro atoms. The number of rotatable bonds is 1. The third-order valence-corrected chi connectivity index (χ3v) is 4.85. The normalized spacial score (nSPS) is 11.5. The lowest BCUT2D eigenvalue weighted by Crippen LogP contribution is -1.84. The first kappa shape index (κ1) is 11.9. The van der Waals surface area contributed by atoms with E-state index in [1.165, 1.54) is 0 Å². The minimum Gasteiger partial charge on any atom is -0.496 e. The van der Waals surface area contributed by atoms with Gasteiger partial charge in [-0.1, -0.05) is 23.7 Å². The van der Waals surface area contributed by atoms with Gasteiger partial charge in [0.05, 0.1) is 17.6 Å². The fourth-order valence-electron chi connectivity index (χ4n) is 2.54. The van der Waals surface area contributed by atoms with E-state index in [0.29, 0.717) is 0 Å². The molecule has 2 aliphatic heterocycles. The summed E-state index contributed by atoms with van der Waals surface area (Å²) in [4.78, 5) is 4.67. The lowest BCUT2D eigenvalue weighted by atomic mass is 10.1. The van der Waals surface area contributed by atoms with Crippen molar-refractivity contribution in [3.05, 3.63) is 47.5 Å². The van der Waals surface area contributed by atoms with Gasteiger partial charge in [0.2, 0.25) is 0 Å². The number of benzene rings is 2. The van der Waals surface area contributed by atoms with Crippen molar-refractivity contribution in [3.8, 4) is 16.3 Å². The Kier molecular flexibility index (Phi) is 2.59. The van der Waals surface area contributed by atoms with Crippen LogP contribution in [0.25, 0.3) is 31.6 Å². The summed E-state index contributed by atoms with van der Waals surface area (Å²) in [5.74, 6) is 0.877. The number of methoxy groups -OCH3 is 1. The molecule has 0 unspecified atom stereocenters. The summed E-state index contributed by atoms with van der Waals surface area (Å²) in [6.45, 7) is 0. The summed E-state index contributed by atoms with van der Waals surface area (Å²) in [6.07, 6.45) is 0. The zero-order chi connectivity index (χ0) is 13.7. The number of nitrogens with zero attached hydrogens (tertiary/aromatic N) is 1. The minimum atomic E-state index is 0.742. The summed E-state index contributed by atoms with van der Waals surface area (Å²) in [5.41, 5.74) is 2.03. The van der Waals surface area contributed by atoms with E-state index in [2.05, 4.69) is 17.1 Å². The molecular formula is C16H10ClNOS. The average molecular weight is 300 g/mol. The molecule has 0 aromatic heterocycles. The molecule has 2 aromatic carbocycles. The van der Waals surface area contributed by atoms with Crippen molar-refractivity contribution in [1.29, 1.82) is 0 Å². The molecular weight excluding hydrogens is 290 g/mol. The molecule has 0 N–H and O–H groups in total. The predicted octanol–water partition coefficient (Wildman–Crippen LogP) is 5.22. The molecule has 0 radical (unpaired) electrons. The Morgan fingerprint density at radius 3 is 2.85 bits per heavy atom. The smallest absolute Gasteiger partial charge is 0.127 e. The van der Waals surface area contributed by atoms with Crippen LogP contribution in [0, 0.1) is 0 Å². The van der Waals surface area contributed by atoms with E-state index in [1.54, 1.807) is 18.4 Å². The number of hydrogen-bond donors (Lipinski definition) is 0. The average Bonchev–Trinajstić information content (AvgIpc) is 2.82. The zero-order valence-corrected chi connectivity index (χ0v) is 12.3. The van der Waals surface area contributed by atoms with Crippen LogP contribution in [0.2, 0.25) is 5.02 Å². The van der Waals surface area contributed by atoms with E-state index in [-0.39, 0.29) is 0 Å². The van der Waals surface area contributed by atoms with Gasteiger partial charge in [-0.15, -0.1) is 11.3 Å². The molecule has 0 fully saturated rings. The van der Waals surface area contributed by atoms with Crippen molar-refractivity contribution in [2.45, 2.75) is 0 Å². The Morgan fingerprint density at radius 2 is 2.00 bits per heavy atom. The molecule has 20 heavy (non-hydrogen) atoms. The molecule has 0 aliphatic carbocycles. The molecule has 2 aliphatic rings. The Labute approximate surface area is 124 Å². The number of halogens is 1. The van der Waals surface area contributed by atoms with Gasteiger partial charge in [0, 0.05) is 21.0 Å². The van der Waals surface area contributed by atoms with Gasteiger partial charge in [0.1, 0.15) is 10.8 Å². The van der Waals surface area contributed by atoms with Gasteiger partial charge in [0.25, 0.3) is 0 Å². The zero-order valence-electron chi connectivity index (χ0n) is 10.7. The van der Waals surface area contributed by atoms with Crippen LogP contribution in [0.3, 0.4) is 0 Å². The quantitative estimate of drug-likeness (QED) is 0.481. The van der Waals surface area contributed by atoms with Crippen LogP contribution in [0.1, 0.15) is 0 Å². The minimum absolute atomic E-state index is 0.742. The summed E-state index contributed by atoms with van der Waals surface area (Å²) in [6, 6.07) is 14.0. The fourth-order valence-corrected chi connectivity index (χ4v) is 3.85. The van der Waals surface area contributed by atoms with E-state index >= 15 is 0 Å². The van der Waals surface area contributed by atoms with Crippen LogP contribution < -0.4 is 4.74 Å². The largest absolute Gasteiger partial charge is 0.496 e. The maximum atomic E-state index is 6.34. The standard InChI is InChI=1S/C16H10ClNOS/c1-19-13-6-3-7-14-9(13)8-10-15-11(17)4-2-5-12(15)18-16(10)20-14/h2-8H,1H3. The Bertz CT molecular complexity index is 915. The third-order valence-electron chi connectivity index (χ3n) is 3.45. The summed E-state index contributed by atoms with van der Waals surface area (Å²) < 4.78 is 6.61. The van der Waals surface area contributed by atoms with Gasteiger partial charge >= 0.3 is 0 Å². The van der Waals surface area contributed by atoms with Gasteiger partial charge in [-0.25, -0.2) is 4.98 Å². The number of aromatic nitrogens is 1. The van der Waals surface area contributed by atoms with Gasteiger partial charge < -0.3 is 4.74 Å². The molecule has 0 amide bonds. The lowest BCUT2D eigenvalue weighted by Gasteiger charge is -2.07. The Balaban J connectivity index is 2.21. The topological polar surface area (TPSA) is 22.1 Å². The van der Waals surface area contributed by atoms with Crippen molar-refractivity contribution >= 4 is 43.9 Å². The van der Waals surface area contributed by atoms with Crippen molar-refractivity contribution < 1.29 is 4.74 Å². The maximum absolute atomic E-state index is 6.34. The highest BCUT2D eigenvalue weighted by Crippen LogP contribution is 2.42. The number of fused-ring (bicyclic) bond motifs is 4. The first-order valence-corrected chi connectivity index (χ1v) is 7.42. The van der Waals surface area contributed by atoms with Crippen molar-refractivity contribution in [2.75, 3.05) is 7.11 Å². The lowest BCUT2D eigenvalue weighted by molar-refractivity contribution is 0.420. The van der Waals surface area contributed by atoms with E-state index in [0.717, 1.165) is 42.3 Å². The molecule has 2 aromatic rings. The molecule has 2 heterocycles. The van der Waals surface area contributed by atoms with Crippen molar-refractivity contribution in [3.63, 3.8) is 0 Å². The molecule has 0 bridgehead atoms. The molecule has 0 saturated carbocycles. The van der Waals surface area contributed by atoms with Gasteiger partial charge in [-0.3, -0.25) is 0 Å². The summed E-state index contributed by atoms with van der Waals surface area (Å²) in [5, 5.41) is 3.87. The van der Waals surface area contributed by atoms with Crippen LogP contribution in [0.15, 0.2) is 42.5 Å². The molecule has 4 rings (SSSR count). The van der Waals surface area contributed by atoms with E-state index in [9.17, 15) is 0 Å². The van der Waals surface area contributed by atoms with E-state index in [1.807, 2.05) is 30.3 Å². The van der Waals surface area contributed by atoms with Crippen molar-refractivity contribution in [2.24, 2.45) is 0 Å². The fraction of sp³-hybridized carbons (Fsp3) is 0.0625. The predicted molar refractivity (Wildman–Crippen MR) is 85.3 cm³/mol. The number of ether oxygens (including phenoxy) is 1. The third kappa shape index (κ3) is 1.60. The molecule has 98 valence electrons. The second-order valence-corrected chi connectivity index (χ2v) is 6.02. The molecule has 0 saturated heterocycles. The summed E-state index contributed by atoms with van der Waals surface area (Å²) >= 11 is 8.00. The highest BCUT2D eigenvalue weighted by atomic mass is 35.5. The second kappa shape index (κ2) is 4.33. The summed E-state index contributed by atoms with van der Waals surface area (Å²) in [7, 11) is 1.69. The van der Waals surface area contributed by atoms with Crippen LogP contribution in [-0.4, -0.2) is 12.1 Å². The van der Waals surface area contributed by atoms with Crippen molar-refractivity contribution in [1.82, 2.24) is 4.98 Å². The molecule has 0 atom stereocenters. The van der Waals surface area contributed by atoms with E-state index < -0.39 is 0 Å². The van der Waals surface area contributed by atoms with E-state index in [4.69, 9.17) is 16.3 Å². The monoisotopic (exact) mass is 299 g/mol. The van der Waals surface area contributed by atoms with Gasteiger partial charge in [0.15, 0.2) is 0 Å². The first-order chi connectivity index (χ1) is 9.78. The number of hydrogen-bond acceptors (Lipinski definition) is 3. The van der Waals surface area contributed by atoms with Crippen LogP contribution >= 0.6 is 22.9 Å². The van der Waals surface area contributed by atoms with Gasteiger partial charge in [-0.2, -0.15) is 0 Å². The second-order valence-electron chi connectivity index (χ2n) is 4.58. The maximum Gasteiger partial charge on any atom is 0.127 e. The van der Waals surface area contributed by atoms with Crippen LogP contribution in [-0.2, 0) is 0 Å². The SMILES string of the molecule is COc1cccc2sc3nc4cccc(Cl)c4c-3cc12.